The third-order valence-electron chi connectivity index (χ3n) is 9.95. The van der Waals surface area contributed by atoms with Crippen molar-refractivity contribution in [2.24, 2.45) is 0 Å². The van der Waals surface area contributed by atoms with Gasteiger partial charge in [-0.1, -0.05) is 124 Å². The van der Waals surface area contributed by atoms with Gasteiger partial charge in [-0.15, -0.1) is 0 Å². The first-order valence-electron chi connectivity index (χ1n) is 21.6. The van der Waals surface area contributed by atoms with Gasteiger partial charge in [0.05, 0.1) is 22.1 Å². The molecule has 0 fully saturated rings. The Hall–Kier alpha value is -1.93. The largest absolute Gasteiger partial charge is 0.677 e. The van der Waals surface area contributed by atoms with Crippen LogP contribution in [0.3, 0.4) is 0 Å². The van der Waals surface area contributed by atoms with E-state index in [2.05, 4.69) is 82.2 Å². The van der Waals surface area contributed by atoms with Crippen LogP contribution in [0.2, 0.25) is 0 Å². The predicted molar refractivity (Wildman–Crippen MR) is 309 cm³/mol. The van der Waals surface area contributed by atoms with E-state index in [0.717, 1.165) is 77.3 Å². The van der Waals surface area contributed by atoms with Crippen LogP contribution in [-0.2, 0) is 45.8 Å². The molecule has 69 heavy (non-hydrogen) atoms. The summed E-state index contributed by atoms with van der Waals surface area (Å²) in [5.74, 6) is 0.730. The molecule has 0 atom stereocenters. The number of para-hydroxylation sites is 4. The molecule has 386 valence electrons. The van der Waals surface area contributed by atoms with E-state index in [1.54, 1.807) is 32.6 Å². The number of hydrogen-bond acceptors (Lipinski definition) is 2. The fourth-order valence-electron chi connectivity index (χ4n) is 6.39. The summed E-state index contributed by atoms with van der Waals surface area (Å²) >= 11 is -1.98. The van der Waals surface area contributed by atoms with E-state index >= 15 is 0 Å². The topological polar surface area (TPSA) is 172 Å². The third kappa shape index (κ3) is 26.0. The molecule has 10 nitrogen and oxygen atoms in total. The number of pyridine rings is 2. The molecule has 0 bridgehead atoms. The summed E-state index contributed by atoms with van der Waals surface area (Å²) in [6.07, 6.45) is 5.38. The van der Waals surface area contributed by atoms with Gasteiger partial charge in [-0.05, 0) is 74.9 Å². The minimum atomic E-state index is -1.85. The van der Waals surface area contributed by atoms with Crippen LogP contribution in [0.4, 0.5) is 0 Å². The molecule has 0 amide bonds. The monoisotopic (exact) mass is 1530 g/mol. The van der Waals surface area contributed by atoms with Crippen molar-refractivity contribution in [3.63, 3.8) is 0 Å². The Morgan fingerprint density at radius 1 is 0.507 bits per heavy atom. The van der Waals surface area contributed by atoms with Crippen LogP contribution in [0.15, 0.2) is 127 Å². The van der Waals surface area contributed by atoms with Crippen molar-refractivity contribution in [1.82, 2.24) is 19.8 Å². The number of aromatic nitrogens is 2. The fourth-order valence-corrected chi connectivity index (χ4v) is 8.63. The molecule has 0 aliphatic heterocycles. The second kappa shape index (κ2) is 39.6. The van der Waals surface area contributed by atoms with Crippen molar-refractivity contribution in [3.05, 3.63) is 176 Å². The van der Waals surface area contributed by atoms with Crippen molar-refractivity contribution in [2.45, 2.75) is 52.4 Å². The summed E-state index contributed by atoms with van der Waals surface area (Å²) in [5, 5.41) is 23.9. The van der Waals surface area contributed by atoms with Crippen molar-refractivity contribution in [1.29, 1.82) is 0 Å². The van der Waals surface area contributed by atoms with E-state index in [9.17, 15) is 10.8 Å². The average Bonchev–Trinajstić information content (AvgIpc) is 3.35. The number of hydrogen-bond donors (Lipinski definition) is 0. The quantitative estimate of drug-likeness (QED) is 0.0484. The molecule has 2 aromatic heterocycles. The van der Waals surface area contributed by atoms with E-state index in [1.807, 2.05) is 78.5 Å². The van der Waals surface area contributed by atoms with Gasteiger partial charge in [0.25, 0.3) is 0 Å². The Bertz CT molecular complexity index is 2230. The second-order valence-corrected chi connectivity index (χ2v) is 31.8. The average molecular weight is 1530 g/mol. The van der Waals surface area contributed by atoms with Crippen molar-refractivity contribution in [2.75, 3.05) is 53.4 Å². The molecule has 0 spiro atoms. The minimum Gasteiger partial charge on any atom is -0.677 e. The summed E-state index contributed by atoms with van der Waals surface area (Å²) in [6.45, 7) is 6.75. The molecule has 7 aromatic rings. The molecule has 19 heteroatoms. The maximum absolute atomic E-state index is 9.49. The second-order valence-electron chi connectivity index (χ2n) is 14.7. The van der Waals surface area contributed by atoms with Gasteiger partial charge >= 0.3 is 140 Å². The molecule has 0 unspecified atom stereocenters. The van der Waals surface area contributed by atoms with Crippen LogP contribution in [0.5, 0.6) is 0 Å². The molecule has 0 saturated carbocycles. The number of benzene rings is 5. The third-order valence-corrected chi connectivity index (χ3v) is 13.8. The van der Waals surface area contributed by atoms with E-state index in [-0.39, 0.29) is 0 Å². The van der Waals surface area contributed by atoms with E-state index in [1.165, 1.54) is 32.7 Å². The maximum Gasteiger partial charge on any atom is -0.0916 e. The first-order chi connectivity index (χ1) is 33.2. The summed E-state index contributed by atoms with van der Waals surface area (Å²) in [4.78, 5) is 13.3. The summed E-state index contributed by atoms with van der Waals surface area (Å²) in [6, 6.07) is 43.1. The fraction of sp³-hybridized carbons (Fsp3) is 0.320. The Morgan fingerprint density at radius 2 is 0.768 bits per heavy atom. The number of amidine groups is 2. The molecule has 0 saturated heterocycles. The summed E-state index contributed by atoms with van der Waals surface area (Å²) in [7, 11) is 34.8. The molecular formula is C50H61Cl6IN10Pt2-6. The molecular weight excluding hydrogens is 1470 g/mol. The molecule has 0 aliphatic carbocycles. The molecule has 0 aliphatic rings. The standard InChI is InChI=1S/2C19H20N3.C6H5Cl2I.2C3H8N2.4ClH.2Pt/c2*1-14(20)22(2)13-7-10-15-16-8-3-5-11-18(16)21-19-12-6-4-9-17(15)19;7-9(8)6-4-2-1-3-5-6;2*4-2-1-3-5;;;;;;/h2*3-6,8-9,11-12H,7,10,13H2,1-2H3;1-5H;2*4-5H,1-3H2;4*1H;;/q2*-1;;2*-2;;;;;+1;+3/p-4. The summed E-state index contributed by atoms with van der Waals surface area (Å²) < 4.78 is 1.10. The molecule has 7 rings (SSSR count). The van der Waals surface area contributed by atoms with Crippen LogP contribution in [-0.4, -0.2) is 84.8 Å². The van der Waals surface area contributed by atoms with E-state index in [4.69, 9.17) is 79.0 Å². The van der Waals surface area contributed by atoms with Crippen molar-refractivity contribution in [3.8, 4) is 0 Å². The van der Waals surface area contributed by atoms with Gasteiger partial charge in [-0.3, -0.25) is 0 Å². The van der Waals surface area contributed by atoms with Crippen molar-refractivity contribution >= 4 is 128 Å². The zero-order chi connectivity index (χ0) is 51.6. The van der Waals surface area contributed by atoms with Gasteiger partial charge in [-0.25, -0.2) is 9.97 Å². The van der Waals surface area contributed by atoms with E-state index < -0.39 is 31.8 Å². The zero-order valence-corrected chi connectivity index (χ0v) is 50.3. The number of halogens is 7. The van der Waals surface area contributed by atoms with Crippen LogP contribution in [0, 0.1) is 3.57 Å². The summed E-state index contributed by atoms with van der Waals surface area (Å²) in [5.41, 5.74) is 32.8. The predicted octanol–water partition coefficient (Wildman–Crippen LogP) is 17.9. The Labute approximate surface area is 457 Å². The number of nitrogens with zero attached hydrogens (tertiary/aromatic N) is 6. The SMILES string of the molecule is CC(=[N-])N(C)CCCc1c2ccccc2nc2ccccc12.CC(=[N-])N(C)CCCc1c2ccccc2nc2ccccc12.ClI(Cl)c1ccccc1.[Cl][Pt].[Cl][Pt]([Cl])[Cl].[NH-]CCC[NH-].[NH-]CCC[NH-]. The number of aryl methyl sites for hydroxylation is 2. The maximum atomic E-state index is 9.49. The zero-order valence-electron chi connectivity index (χ0n) is 39.1. The van der Waals surface area contributed by atoms with Gasteiger partial charge in [0.2, 0.25) is 0 Å². The van der Waals surface area contributed by atoms with Gasteiger partial charge in [0.15, 0.2) is 0 Å². The van der Waals surface area contributed by atoms with Gasteiger partial charge < -0.3 is 43.6 Å². The van der Waals surface area contributed by atoms with Crippen LogP contribution < -0.4 is 0 Å². The minimum absolute atomic E-state index is 0.365. The molecule has 4 N–H and O–H groups in total. The smallest absolute Gasteiger partial charge is 0.0916 e. The first-order valence-corrected chi connectivity index (χ1v) is 39.4. The van der Waals surface area contributed by atoms with Gasteiger partial charge in [0, 0.05) is 21.5 Å². The normalized spacial score (nSPS) is 10.4. The Morgan fingerprint density at radius 3 is 0.986 bits per heavy atom. The van der Waals surface area contributed by atoms with E-state index in [0.29, 0.717) is 37.9 Å². The Kier molecular flexibility index (Phi) is 37.3. The van der Waals surface area contributed by atoms with Gasteiger partial charge in [0.1, 0.15) is 0 Å². The molecule has 2 heterocycles. The van der Waals surface area contributed by atoms with Crippen LogP contribution in [0.25, 0.3) is 77.4 Å². The molecule has 0 radical (unpaired) electrons. The molecule has 5 aromatic carbocycles. The van der Waals surface area contributed by atoms with Crippen LogP contribution >= 0.6 is 73.1 Å². The number of rotatable bonds is 13. The van der Waals surface area contributed by atoms with Crippen LogP contribution in [0.1, 0.15) is 50.7 Å². The first kappa shape index (κ1) is 65.1. The number of fused-ring (bicyclic) bond motifs is 4. The van der Waals surface area contributed by atoms with Crippen molar-refractivity contribution < 1.29 is 33.0 Å². The van der Waals surface area contributed by atoms with Gasteiger partial charge in [-0.2, -0.15) is 26.2 Å². The Balaban J connectivity index is 0.000000468. The number of nitrogens with one attached hydrogen (secondary N) is 4.